The molecule has 1 fully saturated rings. The van der Waals surface area contributed by atoms with Crippen molar-refractivity contribution in [2.45, 2.75) is 0 Å². The third-order valence-electron chi connectivity index (χ3n) is 2.49. The SMILES string of the molecule is CN(CCO)CCN1CCNCC1. The molecule has 13 heavy (non-hydrogen) atoms. The van der Waals surface area contributed by atoms with Crippen LogP contribution in [0.1, 0.15) is 0 Å². The maximum absolute atomic E-state index is 8.71. The molecule has 0 radical (unpaired) electrons. The second-order valence-corrected chi connectivity index (χ2v) is 3.62. The molecule has 78 valence electrons. The van der Waals surface area contributed by atoms with Gasteiger partial charge in [-0.2, -0.15) is 0 Å². The van der Waals surface area contributed by atoms with Crippen molar-refractivity contribution in [2.24, 2.45) is 0 Å². The van der Waals surface area contributed by atoms with Crippen LogP contribution in [0, 0.1) is 0 Å². The number of aliphatic hydroxyl groups excluding tert-OH is 1. The number of aliphatic hydroxyl groups is 1. The van der Waals surface area contributed by atoms with Crippen molar-refractivity contribution in [1.82, 2.24) is 15.1 Å². The van der Waals surface area contributed by atoms with Crippen LogP contribution in [-0.4, -0.2) is 74.4 Å². The summed E-state index contributed by atoms with van der Waals surface area (Å²) in [5.41, 5.74) is 0. The molecule has 4 heteroatoms. The van der Waals surface area contributed by atoms with Gasteiger partial charge >= 0.3 is 0 Å². The Morgan fingerprint density at radius 1 is 1.31 bits per heavy atom. The van der Waals surface area contributed by atoms with Gasteiger partial charge in [-0.25, -0.2) is 0 Å². The van der Waals surface area contributed by atoms with Gasteiger partial charge in [0, 0.05) is 45.8 Å². The summed E-state index contributed by atoms with van der Waals surface area (Å²) in [6.45, 7) is 7.77. The van der Waals surface area contributed by atoms with E-state index in [1.165, 1.54) is 0 Å². The molecule has 4 nitrogen and oxygen atoms in total. The molecule has 2 N–H and O–H groups in total. The van der Waals surface area contributed by atoms with E-state index in [9.17, 15) is 0 Å². The molecule has 0 spiro atoms. The summed E-state index contributed by atoms with van der Waals surface area (Å²) in [5, 5.41) is 12.0. The summed E-state index contributed by atoms with van der Waals surface area (Å²) in [5.74, 6) is 0. The largest absolute Gasteiger partial charge is 0.395 e. The Hall–Kier alpha value is -0.160. The van der Waals surface area contributed by atoms with Gasteiger partial charge in [-0.05, 0) is 7.05 Å². The van der Waals surface area contributed by atoms with Gasteiger partial charge in [0.2, 0.25) is 0 Å². The highest BCUT2D eigenvalue weighted by molar-refractivity contribution is 4.68. The molecule has 1 heterocycles. The van der Waals surface area contributed by atoms with E-state index < -0.39 is 0 Å². The van der Waals surface area contributed by atoms with Gasteiger partial charge in [0.15, 0.2) is 0 Å². The molecule has 0 amide bonds. The molecule has 0 saturated carbocycles. The fourth-order valence-electron chi connectivity index (χ4n) is 1.53. The molecule has 1 aliphatic heterocycles. The number of rotatable bonds is 5. The normalized spacial score (nSPS) is 19.6. The Morgan fingerprint density at radius 3 is 2.62 bits per heavy atom. The number of hydrogen-bond donors (Lipinski definition) is 2. The van der Waals surface area contributed by atoms with Gasteiger partial charge in [-0.1, -0.05) is 0 Å². The fourth-order valence-corrected chi connectivity index (χ4v) is 1.53. The molecule has 0 atom stereocenters. The van der Waals surface area contributed by atoms with Crippen LogP contribution in [0.5, 0.6) is 0 Å². The molecule has 1 rings (SSSR count). The maximum atomic E-state index is 8.71. The van der Waals surface area contributed by atoms with E-state index in [2.05, 4.69) is 22.2 Å². The van der Waals surface area contributed by atoms with Crippen LogP contribution >= 0.6 is 0 Å². The molecule has 1 saturated heterocycles. The zero-order chi connectivity index (χ0) is 9.52. The van der Waals surface area contributed by atoms with Crippen molar-refractivity contribution in [2.75, 3.05) is 59.5 Å². The monoisotopic (exact) mass is 187 g/mol. The van der Waals surface area contributed by atoms with Crippen molar-refractivity contribution in [1.29, 1.82) is 0 Å². The van der Waals surface area contributed by atoms with Crippen LogP contribution < -0.4 is 5.32 Å². The zero-order valence-electron chi connectivity index (χ0n) is 8.50. The Kier molecular flexibility index (Phi) is 5.31. The second kappa shape index (κ2) is 6.32. The maximum Gasteiger partial charge on any atom is 0.0558 e. The summed E-state index contributed by atoms with van der Waals surface area (Å²) in [6, 6.07) is 0. The third-order valence-corrected chi connectivity index (χ3v) is 2.49. The molecule has 1 aliphatic rings. The van der Waals surface area contributed by atoms with E-state index in [0.29, 0.717) is 0 Å². The van der Waals surface area contributed by atoms with E-state index in [0.717, 1.165) is 45.8 Å². The van der Waals surface area contributed by atoms with Crippen LogP contribution in [0.15, 0.2) is 0 Å². The molecule has 0 aliphatic carbocycles. The van der Waals surface area contributed by atoms with Crippen molar-refractivity contribution < 1.29 is 5.11 Å². The van der Waals surface area contributed by atoms with Crippen molar-refractivity contribution in [3.8, 4) is 0 Å². The lowest BCUT2D eigenvalue weighted by Crippen LogP contribution is -2.46. The Labute approximate surface area is 80.5 Å². The van der Waals surface area contributed by atoms with Gasteiger partial charge in [0.25, 0.3) is 0 Å². The predicted octanol–water partition coefficient (Wildman–Crippen LogP) is -1.18. The van der Waals surface area contributed by atoms with Gasteiger partial charge in [0.1, 0.15) is 0 Å². The Bertz CT molecular complexity index is 126. The van der Waals surface area contributed by atoms with Crippen molar-refractivity contribution >= 4 is 0 Å². The molecule has 0 aromatic rings. The fraction of sp³-hybridized carbons (Fsp3) is 1.00. The third kappa shape index (κ3) is 4.57. The van der Waals surface area contributed by atoms with E-state index in [4.69, 9.17) is 5.11 Å². The number of hydrogen-bond acceptors (Lipinski definition) is 4. The van der Waals surface area contributed by atoms with Gasteiger partial charge < -0.3 is 15.3 Å². The lowest BCUT2D eigenvalue weighted by atomic mass is 10.3. The van der Waals surface area contributed by atoms with E-state index in [-0.39, 0.29) is 6.61 Å². The first-order chi connectivity index (χ1) is 6.33. The van der Waals surface area contributed by atoms with Crippen LogP contribution in [0.3, 0.4) is 0 Å². The molecule has 0 aromatic heterocycles. The number of nitrogens with zero attached hydrogens (tertiary/aromatic N) is 2. The minimum Gasteiger partial charge on any atom is -0.395 e. The molecule has 0 bridgehead atoms. The van der Waals surface area contributed by atoms with Crippen LogP contribution in [0.4, 0.5) is 0 Å². The summed E-state index contributed by atoms with van der Waals surface area (Å²) in [6.07, 6.45) is 0. The Morgan fingerprint density at radius 2 is 2.00 bits per heavy atom. The lowest BCUT2D eigenvalue weighted by Gasteiger charge is -2.28. The first-order valence-corrected chi connectivity index (χ1v) is 5.05. The minimum absolute atomic E-state index is 0.262. The molecular weight excluding hydrogens is 166 g/mol. The molecular formula is C9H21N3O. The summed E-state index contributed by atoms with van der Waals surface area (Å²) < 4.78 is 0. The minimum atomic E-state index is 0.262. The lowest BCUT2D eigenvalue weighted by molar-refractivity contribution is 0.180. The molecule has 0 aromatic carbocycles. The van der Waals surface area contributed by atoms with Gasteiger partial charge in [-0.3, -0.25) is 4.90 Å². The van der Waals surface area contributed by atoms with Crippen LogP contribution in [0.25, 0.3) is 0 Å². The van der Waals surface area contributed by atoms with E-state index >= 15 is 0 Å². The van der Waals surface area contributed by atoms with Gasteiger partial charge in [0.05, 0.1) is 6.61 Å². The topological polar surface area (TPSA) is 38.7 Å². The number of piperazine rings is 1. The highest BCUT2D eigenvalue weighted by Gasteiger charge is 2.09. The number of nitrogens with one attached hydrogen (secondary N) is 1. The number of likely N-dealkylation sites (N-methyl/N-ethyl adjacent to an activating group) is 1. The summed E-state index contributed by atoms with van der Waals surface area (Å²) in [7, 11) is 2.05. The second-order valence-electron chi connectivity index (χ2n) is 3.62. The smallest absolute Gasteiger partial charge is 0.0558 e. The van der Waals surface area contributed by atoms with Crippen LogP contribution in [-0.2, 0) is 0 Å². The zero-order valence-corrected chi connectivity index (χ0v) is 8.50. The Balaban J connectivity index is 2.03. The highest BCUT2D eigenvalue weighted by Crippen LogP contribution is 1.92. The first kappa shape index (κ1) is 10.9. The average molecular weight is 187 g/mol. The predicted molar refractivity (Wildman–Crippen MR) is 53.9 cm³/mol. The quantitative estimate of drug-likeness (QED) is 0.568. The first-order valence-electron chi connectivity index (χ1n) is 5.05. The van der Waals surface area contributed by atoms with Crippen LogP contribution in [0.2, 0.25) is 0 Å². The van der Waals surface area contributed by atoms with Crippen molar-refractivity contribution in [3.05, 3.63) is 0 Å². The summed E-state index contributed by atoms with van der Waals surface area (Å²) in [4.78, 5) is 4.63. The highest BCUT2D eigenvalue weighted by atomic mass is 16.3. The van der Waals surface area contributed by atoms with Crippen molar-refractivity contribution in [3.63, 3.8) is 0 Å². The van der Waals surface area contributed by atoms with E-state index in [1.807, 2.05) is 0 Å². The average Bonchev–Trinajstić information content (AvgIpc) is 2.17. The van der Waals surface area contributed by atoms with Gasteiger partial charge in [-0.15, -0.1) is 0 Å². The summed E-state index contributed by atoms with van der Waals surface area (Å²) >= 11 is 0. The standard InChI is InChI=1S/C9H21N3O/c1-11(8-9-13)6-7-12-4-2-10-3-5-12/h10,13H,2-9H2,1H3. The van der Waals surface area contributed by atoms with E-state index in [1.54, 1.807) is 0 Å². The molecule has 0 unspecified atom stereocenters.